The third-order valence-electron chi connectivity index (χ3n) is 3.29. The number of carbonyl (C=O) groups is 2. The maximum atomic E-state index is 12.0. The Labute approximate surface area is 112 Å². The Morgan fingerprint density at radius 3 is 2.47 bits per heavy atom. The van der Waals surface area contributed by atoms with Gasteiger partial charge in [0.05, 0.1) is 13.2 Å². The van der Waals surface area contributed by atoms with Gasteiger partial charge in [-0.05, 0) is 25.3 Å². The van der Waals surface area contributed by atoms with Crippen LogP contribution >= 0.6 is 0 Å². The van der Waals surface area contributed by atoms with Crippen molar-refractivity contribution in [1.82, 2.24) is 0 Å². The van der Waals surface area contributed by atoms with Crippen LogP contribution < -0.4 is 0 Å². The van der Waals surface area contributed by atoms with Crippen LogP contribution in [-0.4, -0.2) is 25.0 Å². The third kappa shape index (κ3) is 3.20. The molecule has 0 unspecified atom stereocenters. The second-order valence-electron chi connectivity index (χ2n) is 4.70. The Hall–Kier alpha value is -1.68. The van der Waals surface area contributed by atoms with Crippen molar-refractivity contribution in [2.24, 2.45) is 5.41 Å². The number of carbonyl (C=O) groups excluding carboxylic acids is 2. The molecule has 1 aliphatic carbocycles. The molecule has 0 radical (unpaired) electrons. The molecule has 1 aliphatic rings. The van der Waals surface area contributed by atoms with Crippen LogP contribution in [0.25, 0.3) is 0 Å². The first-order valence-corrected chi connectivity index (χ1v) is 6.51. The molecule has 102 valence electrons. The first kappa shape index (κ1) is 13.7. The first-order chi connectivity index (χ1) is 9.19. The average molecular weight is 262 g/mol. The molecule has 0 amide bonds. The molecule has 1 saturated carbocycles. The number of esters is 1. The normalized spacial score (nSPS) is 15.8. The lowest BCUT2D eigenvalue weighted by Crippen LogP contribution is -2.31. The number of ether oxygens (including phenoxy) is 2. The maximum Gasteiger partial charge on any atom is 0.319 e. The van der Waals surface area contributed by atoms with Crippen LogP contribution in [0.3, 0.4) is 0 Å². The highest BCUT2D eigenvalue weighted by atomic mass is 16.5. The van der Waals surface area contributed by atoms with E-state index in [1.54, 1.807) is 6.92 Å². The van der Waals surface area contributed by atoms with Crippen LogP contribution in [0.15, 0.2) is 30.3 Å². The van der Waals surface area contributed by atoms with E-state index in [9.17, 15) is 9.59 Å². The topological polar surface area (TPSA) is 52.6 Å². The number of benzene rings is 1. The van der Waals surface area contributed by atoms with Crippen LogP contribution in [-0.2, 0) is 25.7 Å². The summed E-state index contributed by atoms with van der Waals surface area (Å²) in [6.45, 7) is 2.39. The van der Waals surface area contributed by atoms with Gasteiger partial charge in [0.25, 0.3) is 0 Å². The van der Waals surface area contributed by atoms with Crippen molar-refractivity contribution < 1.29 is 19.1 Å². The molecule has 1 fully saturated rings. The van der Waals surface area contributed by atoms with E-state index < -0.39 is 11.4 Å². The molecule has 0 heterocycles. The van der Waals surface area contributed by atoms with Crippen molar-refractivity contribution in [2.75, 3.05) is 13.2 Å². The van der Waals surface area contributed by atoms with Crippen molar-refractivity contribution in [3.8, 4) is 0 Å². The van der Waals surface area contributed by atoms with Gasteiger partial charge in [0.1, 0.15) is 12.0 Å². The summed E-state index contributed by atoms with van der Waals surface area (Å²) in [5, 5.41) is 0. The largest absolute Gasteiger partial charge is 0.465 e. The predicted molar refractivity (Wildman–Crippen MR) is 69.4 cm³/mol. The van der Waals surface area contributed by atoms with Gasteiger partial charge in [-0.25, -0.2) is 0 Å². The molecule has 0 spiro atoms. The lowest BCUT2D eigenvalue weighted by Gasteiger charge is -2.12. The highest BCUT2D eigenvalue weighted by Gasteiger charge is 2.57. The van der Waals surface area contributed by atoms with Gasteiger partial charge in [-0.2, -0.15) is 0 Å². The highest BCUT2D eigenvalue weighted by Crippen LogP contribution is 2.47. The SMILES string of the molecule is CCOC(=O)C1(C(=O)COCc2ccccc2)CC1. The summed E-state index contributed by atoms with van der Waals surface area (Å²) in [7, 11) is 0. The Balaban J connectivity index is 1.80. The van der Waals surface area contributed by atoms with Gasteiger partial charge in [0.15, 0.2) is 5.78 Å². The van der Waals surface area contributed by atoms with E-state index in [4.69, 9.17) is 9.47 Å². The predicted octanol–water partition coefficient (Wildman–Crippen LogP) is 2.12. The summed E-state index contributed by atoms with van der Waals surface area (Å²) in [5.74, 6) is -0.565. The highest BCUT2D eigenvalue weighted by molar-refractivity contribution is 6.07. The molecular weight excluding hydrogens is 244 g/mol. The number of rotatable bonds is 7. The number of ketones is 1. The van der Waals surface area contributed by atoms with Crippen LogP contribution in [0.1, 0.15) is 25.3 Å². The minimum Gasteiger partial charge on any atom is -0.465 e. The molecular formula is C15H18O4. The molecule has 0 N–H and O–H groups in total. The third-order valence-corrected chi connectivity index (χ3v) is 3.29. The zero-order valence-electron chi connectivity index (χ0n) is 11.1. The first-order valence-electron chi connectivity index (χ1n) is 6.51. The molecule has 19 heavy (non-hydrogen) atoms. The zero-order valence-corrected chi connectivity index (χ0v) is 11.1. The molecule has 4 heteroatoms. The Morgan fingerprint density at radius 2 is 1.89 bits per heavy atom. The molecule has 2 rings (SSSR count). The minimum absolute atomic E-state index is 0.0340. The lowest BCUT2D eigenvalue weighted by molar-refractivity contribution is -0.155. The molecule has 1 aromatic carbocycles. The van der Waals surface area contributed by atoms with E-state index >= 15 is 0 Å². The number of hydrogen-bond donors (Lipinski definition) is 0. The summed E-state index contributed by atoms with van der Waals surface area (Å²) in [5.41, 5.74) is 0.100. The van der Waals surface area contributed by atoms with Gasteiger partial charge in [0.2, 0.25) is 0 Å². The zero-order chi connectivity index (χ0) is 13.7. The molecule has 0 atom stereocenters. The Morgan fingerprint density at radius 1 is 1.21 bits per heavy atom. The van der Waals surface area contributed by atoms with Gasteiger partial charge in [-0.3, -0.25) is 9.59 Å². The summed E-state index contributed by atoms with van der Waals surface area (Å²) < 4.78 is 10.3. The smallest absolute Gasteiger partial charge is 0.319 e. The minimum atomic E-state index is -0.910. The summed E-state index contributed by atoms with van der Waals surface area (Å²) in [4.78, 5) is 23.7. The molecule has 0 aromatic heterocycles. The quantitative estimate of drug-likeness (QED) is 0.558. The second-order valence-corrected chi connectivity index (χ2v) is 4.70. The maximum absolute atomic E-state index is 12.0. The van der Waals surface area contributed by atoms with Crippen LogP contribution in [0.2, 0.25) is 0 Å². The molecule has 0 aliphatic heterocycles. The van der Waals surface area contributed by atoms with Crippen molar-refractivity contribution in [3.63, 3.8) is 0 Å². The van der Waals surface area contributed by atoms with Crippen molar-refractivity contribution >= 4 is 11.8 Å². The van der Waals surface area contributed by atoms with Crippen molar-refractivity contribution in [2.45, 2.75) is 26.4 Å². The van der Waals surface area contributed by atoms with Gasteiger partial charge in [-0.15, -0.1) is 0 Å². The van der Waals surface area contributed by atoms with E-state index in [-0.39, 0.29) is 12.4 Å². The van der Waals surface area contributed by atoms with Crippen LogP contribution in [0.4, 0.5) is 0 Å². The van der Waals surface area contributed by atoms with Crippen LogP contribution in [0.5, 0.6) is 0 Å². The van der Waals surface area contributed by atoms with Crippen molar-refractivity contribution in [1.29, 1.82) is 0 Å². The fourth-order valence-electron chi connectivity index (χ4n) is 1.97. The monoisotopic (exact) mass is 262 g/mol. The van der Waals surface area contributed by atoms with E-state index in [1.807, 2.05) is 30.3 Å². The average Bonchev–Trinajstić information content (AvgIpc) is 3.22. The van der Waals surface area contributed by atoms with Gasteiger partial charge in [-0.1, -0.05) is 30.3 Å². The van der Waals surface area contributed by atoms with Gasteiger partial charge in [0, 0.05) is 0 Å². The fourth-order valence-corrected chi connectivity index (χ4v) is 1.97. The standard InChI is InChI=1S/C15H18O4/c1-2-19-14(17)15(8-9-15)13(16)11-18-10-12-6-4-3-5-7-12/h3-7H,2,8-11H2,1H3. The molecule has 1 aromatic rings. The van der Waals surface area contributed by atoms with E-state index in [1.165, 1.54) is 0 Å². The fraction of sp³-hybridized carbons (Fsp3) is 0.467. The van der Waals surface area contributed by atoms with Gasteiger partial charge >= 0.3 is 5.97 Å². The Bertz CT molecular complexity index is 448. The van der Waals surface area contributed by atoms with Crippen molar-refractivity contribution in [3.05, 3.63) is 35.9 Å². The molecule has 0 bridgehead atoms. The van der Waals surface area contributed by atoms with Gasteiger partial charge < -0.3 is 9.47 Å². The molecule has 4 nitrogen and oxygen atoms in total. The summed E-state index contributed by atoms with van der Waals surface area (Å²) >= 11 is 0. The van der Waals surface area contributed by atoms with Crippen LogP contribution in [0, 0.1) is 5.41 Å². The second kappa shape index (κ2) is 5.97. The number of hydrogen-bond acceptors (Lipinski definition) is 4. The number of Topliss-reactive ketones (excluding diaryl/α,β-unsaturated/α-hetero) is 1. The Kier molecular flexibility index (Phi) is 4.32. The summed E-state index contributed by atoms with van der Waals surface area (Å²) in [6, 6.07) is 9.63. The van der Waals surface area contributed by atoms with E-state index in [0.717, 1.165) is 5.56 Å². The van der Waals surface area contributed by atoms with E-state index in [0.29, 0.717) is 26.1 Å². The lowest BCUT2D eigenvalue weighted by atomic mass is 10.0. The molecule has 0 saturated heterocycles. The van der Waals surface area contributed by atoms with E-state index in [2.05, 4.69) is 0 Å². The summed E-state index contributed by atoms with van der Waals surface area (Å²) in [6.07, 6.45) is 1.17.